The van der Waals surface area contributed by atoms with Crippen molar-refractivity contribution in [2.75, 3.05) is 20.2 Å². The largest absolute Gasteiger partial charge is 0.489 e. The van der Waals surface area contributed by atoms with E-state index >= 15 is 0 Å². The molecule has 3 heterocycles. The molecular weight excluding hydrogens is 398 g/mol. The SMILES string of the molecule is COC1CCN([C@H]2CCC[C@@H]2Oc2ccc3c(c2)CN(C2CCC(=O)NC2=O)C3=O)C1. The molecule has 1 saturated carbocycles. The first-order chi connectivity index (χ1) is 15.0. The first-order valence-corrected chi connectivity index (χ1v) is 11.2. The molecule has 1 aromatic carbocycles. The van der Waals surface area contributed by atoms with Crippen LogP contribution in [0.2, 0.25) is 0 Å². The third kappa shape index (κ3) is 3.83. The van der Waals surface area contributed by atoms with Crippen LogP contribution in [0.3, 0.4) is 0 Å². The predicted molar refractivity (Wildman–Crippen MR) is 112 cm³/mol. The summed E-state index contributed by atoms with van der Waals surface area (Å²) in [7, 11) is 1.78. The Morgan fingerprint density at radius 3 is 2.74 bits per heavy atom. The maximum atomic E-state index is 12.9. The van der Waals surface area contributed by atoms with Crippen LogP contribution in [0.1, 0.15) is 54.4 Å². The van der Waals surface area contributed by atoms with E-state index < -0.39 is 6.04 Å². The molecule has 31 heavy (non-hydrogen) atoms. The zero-order valence-corrected chi connectivity index (χ0v) is 17.8. The molecule has 0 bridgehead atoms. The van der Waals surface area contributed by atoms with Crippen molar-refractivity contribution in [3.05, 3.63) is 29.3 Å². The van der Waals surface area contributed by atoms with Crippen LogP contribution in [0.5, 0.6) is 5.75 Å². The molecule has 8 heteroatoms. The number of rotatable bonds is 5. The molecule has 4 atom stereocenters. The highest BCUT2D eigenvalue weighted by Crippen LogP contribution is 2.34. The zero-order valence-electron chi connectivity index (χ0n) is 17.8. The maximum Gasteiger partial charge on any atom is 0.255 e. The Bertz CT molecular complexity index is 903. The van der Waals surface area contributed by atoms with Crippen LogP contribution in [0.15, 0.2) is 18.2 Å². The number of ether oxygens (including phenoxy) is 2. The van der Waals surface area contributed by atoms with Gasteiger partial charge in [-0.2, -0.15) is 0 Å². The minimum Gasteiger partial charge on any atom is -0.489 e. The summed E-state index contributed by atoms with van der Waals surface area (Å²) >= 11 is 0. The molecule has 0 spiro atoms. The summed E-state index contributed by atoms with van der Waals surface area (Å²) in [6.45, 7) is 2.37. The highest BCUT2D eigenvalue weighted by Gasteiger charge is 2.40. The van der Waals surface area contributed by atoms with Crippen LogP contribution in [0.4, 0.5) is 0 Å². The van der Waals surface area contributed by atoms with E-state index in [0.717, 1.165) is 50.1 Å². The highest BCUT2D eigenvalue weighted by molar-refractivity contribution is 6.05. The Morgan fingerprint density at radius 2 is 1.97 bits per heavy atom. The molecule has 8 nitrogen and oxygen atoms in total. The van der Waals surface area contributed by atoms with Crippen molar-refractivity contribution in [2.45, 2.75) is 69.4 Å². The van der Waals surface area contributed by atoms with E-state index in [4.69, 9.17) is 9.47 Å². The zero-order chi connectivity index (χ0) is 21.5. The maximum absolute atomic E-state index is 12.9. The summed E-state index contributed by atoms with van der Waals surface area (Å²) in [4.78, 5) is 40.6. The Hall–Kier alpha value is -2.45. The van der Waals surface area contributed by atoms with Gasteiger partial charge in [-0.25, -0.2) is 0 Å². The lowest BCUT2D eigenvalue weighted by Gasteiger charge is -2.30. The van der Waals surface area contributed by atoms with E-state index in [-0.39, 0.29) is 30.2 Å². The van der Waals surface area contributed by atoms with Gasteiger partial charge in [0, 0.05) is 44.8 Å². The normalized spacial score (nSPS) is 31.3. The summed E-state index contributed by atoms with van der Waals surface area (Å²) < 4.78 is 11.9. The van der Waals surface area contributed by atoms with Gasteiger partial charge in [0.05, 0.1) is 6.10 Å². The number of fused-ring (bicyclic) bond motifs is 1. The van der Waals surface area contributed by atoms with Crippen molar-refractivity contribution >= 4 is 17.7 Å². The lowest BCUT2D eigenvalue weighted by Crippen LogP contribution is -2.52. The monoisotopic (exact) mass is 427 g/mol. The summed E-state index contributed by atoms with van der Waals surface area (Å²) in [6.07, 6.45) is 5.45. The van der Waals surface area contributed by atoms with Crippen LogP contribution in [-0.2, 0) is 20.9 Å². The number of nitrogens with one attached hydrogen (secondary N) is 1. The molecule has 3 amide bonds. The number of nitrogens with zero attached hydrogens (tertiary/aromatic N) is 2. The number of benzene rings is 1. The van der Waals surface area contributed by atoms with Gasteiger partial charge >= 0.3 is 0 Å². The van der Waals surface area contributed by atoms with Crippen LogP contribution < -0.4 is 10.1 Å². The second kappa shape index (κ2) is 8.24. The Balaban J connectivity index is 1.27. The number of carbonyl (C=O) groups is 3. The van der Waals surface area contributed by atoms with E-state index in [1.807, 2.05) is 12.1 Å². The molecule has 1 aromatic rings. The molecular formula is C23H29N3O5. The predicted octanol–water partition coefficient (Wildman–Crippen LogP) is 1.47. The Kier molecular flexibility index (Phi) is 5.44. The number of piperidine rings is 1. The topological polar surface area (TPSA) is 88.2 Å². The van der Waals surface area contributed by atoms with E-state index in [1.165, 1.54) is 0 Å². The average Bonchev–Trinajstić information content (AvgIpc) is 3.47. The van der Waals surface area contributed by atoms with Gasteiger partial charge in [-0.05, 0) is 55.9 Å². The third-order valence-corrected chi connectivity index (χ3v) is 7.18. The molecule has 3 fully saturated rings. The number of carbonyl (C=O) groups excluding carboxylic acids is 3. The van der Waals surface area contributed by atoms with Gasteiger partial charge < -0.3 is 14.4 Å². The first kappa shape index (κ1) is 20.5. The van der Waals surface area contributed by atoms with Gasteiger partial charge in [0.2, 0.25) is 11.8 Å². The van der Waals surface area contributed by atoms with Crippen molar-refractivity contribution in [2.24, 2.45) is 0 Å². The number of amides is 3. The van der Waals surface area contributed by atoms with E-state index in [2.05, 4.69) is 10.2 Å². The number of likely N-dealkylation sites (tertiary alicyclic amines) is 1. The van der Waals surface area contributed by atoms with Gasteiger partial charge in [-0.1, -0.05) is 0 Å². The number of hydrogen-bond donors (Lipinski definition) is 1. The van der Waals surface area contributed by atoms with Crippen molar-refractivity contribution in [1.29, 1.82) is 0 Å². The molecule has 1 aliphatic carbocycles. The molecule has 4 aliphatic rings. The van der Waals surface area contributed by atoms with Crippen LogP contribution >= 0.6 is 0 Å². The minimum absolute atomic E-state index is 0.136. The molecule has 5 rings (SSSR count). The fraction of sp³-hybridized carbons (Fsp3) is 0.609. The quantitative estimate of drug-likeness (QED) is 0.716. The van der Waals surface area contributed by atoms with Crippen LogP contribution in [0.25, 0.3) is 0 Å². The smallest absolute Gasteiger partial charge is 0.255 e. The van der Waals surface area contributed by atoms with Crippen molar-refractivity contribution < 1.29 is 23.9 Å². The van der Waals surface area contributed by atoms with Crippen LogP contribution in [-0.4, -0.2) is 72.0 Å². The number of imide groups is 1. The van der Waals surface area contributed by atoms with E-state index in [0.29, 0.717) is 30.7 Å². The van der Waals surface area contributed by atoms with Crippen molar-refractivity contribution in [1.82, 2.24) is 15.1 Å². The number of hydrogen-bond acceptors (Lipinski definition) is 6. The highest BCUT2D eigenvalue weighted by atomic mass is 16.5. The molecule has 166 valence electrons. The van der Waals surface area contributed by atoms with Gasteiger partial charge in [0.15, 0.2) is 0 Å². The first-order valence-electron chi connectivity index (χ1n) is 11.2. The Morgan fingerprint density at radius 1 is 1.10 bits per heavy atom. The summed E-state index contributed by atoms with van der Waals surface area (Å²) in [6, 6.07) is 5.41. The van der Waals surface area contributed by atoms with E-state index in [1.54, 1.807) is 18.1 Å². The van der Waals surface area contributed by atoms with Gasteiger partial charge in [-0.3, -0.25) is 24.6 Å². The molecule has 0 aromatic heterocycles. The van der Waals surface area contributed by atoms with Gasteiger partial charge in [-0.15, -0.1) is 0 Å². The standard InChI is InChI=1S/C23H29N3O5/c1-30-16-9-10-25(13-16)18-3-2-4-20(18)31-15-5-6-17-14(11-15)12-26(23(17)29)19-7-8-21(27)24-22(19)28/h5-6,11,16,18-20H,2-4,7-10,12-13H2,1H3,(H,24,27,28)/t16?,18-,19?,20-/m0/s1. The summed E-state index contributed by atoms with van der Waals surface area (Å²) in [5, 5.41) is 2.34. The molecule has 1 N–H and O–H groups in total. The molecule has 2 saturated heterocycles. The number of methoxy groups -OCH3 is 1. The molecule has 3 aliphatic heterocycles. The van der Waals surface area contributed by atoms with Crippen molar-refractivity contribution in [3.63, 3.8) is 0 Å². The second-order valence-corrected chi connectivity index (χ2v) is 9.01. The molecule has 2 unspecified atom stereocenters. The van der Waals surface area contributed by atoms with Crippen molar-refractivity contribution in [3.8, 4) is 5.75 Å². The van der Waals surface area contributed by atoms with E-state index in [9.17, 15) is 14.4 Å². The summed E-state index contributed by atoms with van der Waals surface area (Å²) in [5.41, 5.74) is 1.49. The fourth-order valence-corrected chi connectivity index (χ4v) is 5.51. The summed E-state index contributed by atoms with van der Waals surface area (Å²) in [5.74, 6) is -0.0433. The fourth-order valence-electron chi connectivity index (χ4n) is 5.51. The van der Waals surface area contributed by atoms with Gasteiger partial charge in [0.25, 0.3) is 5.91 Å². The minimum atomic E-state index is -0.593. The molecule has 0 radical (unpaired) electrons. The second-order valence-electron chi connectivity index (χ2n) is 9.01. The van der Waals surface area contributed by atoms with Gasteiger partial charge in [0.1, 0.15) is 17.9 Å². The van der Waals surface area contributed by atoms with Crippen LogP contribution in [0, 0.1) is 0 Å². The lowest BCUT2D eigenvalue weighted by molar-refractivity contribution is -0.136. The lowest BCUT2D eigenvalue weighted by atomic mass is 10.0. The third-order valence-electron chi connectivity index (χ3n) is 7.18. The average molecular weight is 428 g/mol. The Labute approximate surface area is 181 Å².